The van der Waals surface area contributed by atoms with E-state index in [0.29, 0.717) is 5.88 Å². The van der Waals surface area contributed by atoms with Gasteiger partial charge >= 0.3 is 0 Å². The van der Waals surface area contributed by atoms with Crippen molar-refractivity contribution in [3.63, 3.8) is 0 Å². The summed E-state index contributed by atoms with van der Waals surface area (Å²) >= 11 is 5.97. The van der Waals surface area contributed by atoms with Crippen LogP contribution in [0.1, 0.15) is 28.8 Å². The van der Waals surface area contributed by atoms with Crippen LogP contribution in [0.4, 0.5) is 0 Å². The van der Waals surface area contributed by atoms with Crippen LogP contribution in [0.3, 0.4) is 0 Å². The lowest BCUT2D eigenvalue weighted by Gasteiger charge is -2.17. The highest BCUT2D eigenvalue weighted by molar-refractivity contribution is 6.17. The fourth-order valence-corrected chi connectivity index (χ4v) is 3.06. The molecule has 0 spiro atoms. The molecule has 0 fully saturated rings. The van der Waals surface area contributed by atoms with E-state index in [0.717, 1.165) is 0 Å². The number of aromatic nitrogens is 1. The van der Waals surface area contributed by atoms with Gasteiger partial charge in [-0.3, -0.25) is 0 Å². The van der Waals surface area contributed by atoms with Gasteiger partial charge in [0.2, 0.25) is 0 Å². The van der Waals surface area contributed by atoms with E-state index in [4.69, 9.17) is 11.6 Å². The highest BCUT2D eigenvalue weighted by Crippen LogP contribution is 2.33. The maximum atomic E-state index is 5.97. The topological polar surface area (TPSA) is 4.93 Å². The summed E-state index contributed by atoms with van der Waals surface area (Å²) in [5.41, 5.74) is 7.03. The first kappa shape index (κ1) is 10.2. The van der Waals surface area contributed by atoms with Crippen LogP contribution >= 0.6 is 11.6 Å². The van der Waals surface area contributed by atoms with E-state index >= 15 is 0 Å². The Kier molecular flexibility index (Phi) is 2.25. The van der Waals surface area contributed by atoms with Crippen molar-refractivity contribution in [2.24, 2.45) is 0 Å². The number of aryl methyl sites for hydroxylation is 3. The van der Waals surface area contributed by atoms with E-state index in [1.807, 2.05) is 0 Å². The van der Waals surface area contributed by atoms with Crippen molar-refractivity contribution < 1.29 is 0 Å². The molecule has 0 radical (unpaired) electrons. The SMILES string of the molecule is Cc1c(C)n2c3c(cc(CCl)cc13)CCC2. The first-order valence-electron chi connectivity index (χ1n) is 5.89. The van der Waals surface area contributed by atoms with Gasteiger partial charge in [-0.05, 0) is 49.4 Å². The van der Waals surface area contributed by atoms with Gasteiger partial charge < -0.3 is 4.57 Å². The molecule has 1 aromatic carbocycles. The minimum Gasteiger partial charge on any atom is -0.344 e. The minimum absolute atomic E-state index is 0.618. The Morgan fingerprint density at radius 3 is 2.88 bits per heavy atom. The monoisotopic (exact) mass is 233 g/mol. The molecule has 1 aromatic heterocycles. The van der Waals surface area contributed by atoms with Crippen LogP contribution in [0.25, 0.3) is 10.9 Å². The van der Waals surface area contributed by atoms with Gasteiger partial charge in [0.15, 0.2) is 0 Å². The van der Waals surface area contributed by atoms with E-state index in [1.54, 1.807) is 0 Å². The average molecular weight is 234 g/mol. The summed E-state index contributed by atoms with van der Waals surface area (Å²) in [5, 5.41) is 1.41. The van der Waals surface area contributed by atoms with Crippen LogP contribution in [-0.2, 0) is 18.8 Å². The fraction of sp³-hybridized carbons (Fsp3) is 0.429. The summed E-state index contributed by atoms with van der Waals surface area (Å²) in [6.07, 6.45) is 2.45. The third kappa shape index (κ3) is 1.24. The number of hydrogen-bond acceptors (Lipinski definition) is 0. The van der Waals surface area contributed by atoms with E-state index in [9.17, 15) is 0 Å². The summed E-state index contributed by atoms with van der Waals surface area (Å²) in [7, 11) is 0. The lowest BCUT2D eigenvalue weighted by atomic mass is 10.00. The van der Waals surface area contributed by atoms with Gasteiger partial charge in [-0.15, -0.1) is 11.6 Å². The molecule has 1 aliphatic heterocycles. The number of benzene rings is 1. The molecular formula is C14H16ClN. The number of alkyl halides is 1. The normalized spacial score (nSPS) is 14.7. The molecular weight excluding hydrogens is 218 g/mol. The highest BCUT2D eigenvalue weighted by atomic mass is 35.5. The van der Waals surface area contributed by atoms with Crippen molar-refractivity contribution in [2.75, 3.05) is 0 Å². The zero-order chi connectivity index (χ0) is 11.3. The number of nitrogens with zero attached hydrogens (tertiary/aromatic N) is 1. The molecule has 16 heavy (non-hydrogen) atoms. The molecule has 2 aromatic rings. The maximum absolute atomic E-state index is 5.97. The van der Waals surface area contributed by atoms with Crippen LogP contribution < -0.4 is 0 Å². The molecule has 3 rings (SSSR count). The Balaban J connectivity index is 2.45. The maximum Gasteiger partial charge on any atom is 0.0517 e. The Morgan fingerprint density at radius 2 is 2.12 bits per heavy atom. The highest BCUT2D eigenvalue weighted by Gasteiger charge is 2.18. The van der Waals surface area contributed by atoms with Crippen molar-refractivity contribution in [1.29, 1.82) is 0 Å². The summed E-state index contributed by atoms with van der Waals surface area (Å²) in [4.78, 5) is 0. The third-order valence-electron chi connectivity index (χ3n) is 3.85. The molecule has 0 N–H and O–H groups in total. The molecule has 0 amide bonds. The van der Waals surface area contributed by atoms with Crippen LogP contribution in [0.2, 0.25) is 0 Å². The van der Waals surface area contributed by atoms with Crippen LogP contribution in [0.5, 0.6) is 0 Å². The molecule has 2 heteroatoms. The van der Waals surface area contributed by atoms with Crippen LogP contribution in [-0.4, -0.2) is 4.57 Å². The van der Waals surface area contributed by atoms with Gasteiger partial charge in [0.05, 0.1) is 5.52 Å². The molecule has 0 atom stereocenters. The van der Waals surface area contributed by atoms with Gasteiger partial charge in [0.1, 0.15) is 0 Å². The lowest BCUT2D eigenvalue weighted by Crippen LogP contribution is -2.09. The van der Waals surface area contributed by atoms with Gasteiger partial charge in [0.25, 0.3) is 0 Å². The van der Waals surface area contributed by atoms with Crippen molar-refractivity contribution in [1.82, 2.24) is 4.57 Å². The van der Waals surface area contributed by atoms with E-state index in [-0.39, 0.29) is 0 Å². The number of halogens is 1. The zero-order valence-corrected chi connectivity index (χ0v) is 10.6. The summed E-state index contributed by atoms with van der Waals surface area (Å²) < 4.78 is 2.47. The largest absolute Gasteiger partial charge is 0.344 e. The van der Waals surface area contributed by atoms with E-state index < -0.39 is 0 Å². The minimum atomic E-state index is 0.618. The molecule has 1 nitrogen and oxygen atoms in total. The molecule has 2 heterocycles. The van der Waals surface area contributed by atoms with E-state index in [1.165, 1.54) is 52.7 Å². The van der Waals surface area contributed by atoms with Crippen molar-refractivity contribution in [3.05, 3.63) is 34.5 Å². The second kappa shape index (κ2) is 3.53. The van der Waals surface area contributed by atoms with Crippen molar-refractivity contribution in [3.8, 4) is 0 Å². The first-order chi connectivity index (χ1) is 7.72. The molecule has 0 aliphatic carbocycles. The Bertz CT molecular complexity index is 566. The Labute approximate surface area is 101 Å². The summed E-state index contributed by atoms with van der Waals surface area (Å²) in [6.45, 7) is 5.62. The lowest BCUT2D eigenvalue weighted by molar-refractivity contribution is 0.622. The second-order valence-electron chi connectivity index (χ2n) is 4.75. The summed E-state index contributed by atoms with van der Waals surface area (Å²) in [6, 6.07) is 4.54. The smallest absolute Gasteiger partial charge is 0.0517 e. The zero-order valence-electron chi connectivity index (χ0n) is 9.81. The predicted molar refractivity (Wildman–Crippen MR) is 69.3 cm³/mol. The Morgan fingerprint density at radius 1 is 1.31 bits per heavy atom. The van der Waals surface area contributed by atoms with Crippen LogP contribution in [0.15, 0.2) is 12.1 Å². The quantitative estimate of drug-likeness (QED) is 0.658. The van der Waals surface area contributed by atoms with Crippen molar-refractivity contribution >= 4 is 22.5 Å². The second-order valence-corrected chi connectivity index (χ2v) is 5.02. The standard InChI is InChI=1S/C14H16ClN/c1-9-10(2)16-5-3-4-12-6-11(8-15)7-13(9)14(12)16/h6-7H,3-5,8H2,1-2H3. The molecule has 0 saturated carbocycles. The van der Waals surface area contributed by atoms with Gasteiger partial charge in [-0.1, -0.05) is 6.07 Å². The molecule has 84 valence electrons. The first-order valence-corrected chi connectivity index (χ1v) is 6.43. The fourth-order valence-electron chi connectivity index (χ4n) is 2.91. The van der Waals surface area contributed by atoms with Gasteiger partial charge in [-0.2, -0.15) is 0 Å². The Hall–Kier alpha value is -0.950. The number of rotatable bonds is 1. The predicted octanol–water partition coefficient (Wildman–Crippen LogP) is 3.94. The van der Waals surface area contributed by atoms with Crippen LogP contribution in [0, 0.1) is 13.8 Å². The molecule has 1 aliphatic rings. The number of hydrogen-bond donors (Lipinski definition) is 0. The van der Waals surface area contributed by atoms with Crippen molar-refractivity contribution in [2.45, 2.75) is 39.1 Å². The average Bonchev–Trinajstić information content (AvgIpc) is 2.56. The van der Waals surface area contributed by atoms with Gasteiger partial charge in [0, 0.05) is 23.5 Å². The van der Waals surface area contributed by atoms with Gasteiger partial charge in [-0.25, -0.2) is 0 Å². The third-order valence-corrected chi connectivity index (χ3v) is 4.16. The summed E-state index contributed by atoms with van der Waals surface area (Å²) in [5.74, 6) is 0.618. The van der Waals surface area contributed by atoms with E-state index in [2.05, 4.69) is 30.5 Å². The molecule has 0 saturated heterocycles. The molecule has 0 unspecified atom stereocenters. The molecule has 0 bridgehead atoms.